The van der Waals surface area contributed by atoms with E-state index in [2.05, 4.69) is 16.0 Å². The predicted molar refractivity (Wildman–Crippen MR) is 129 cm³/mol. The summed E-state index contributed by atoms with van der Waals surface area (Å²) in [6, 6.07) is 15.7. The van der Waals surface area contributed by atoms with Crippen LogP contribution in [0.3, 0.4) is 0 Å². The molecule has 0 bridgehead atoms. The van der Waals surface area contributed by atoms with Crippen LogP contribution < -0.4 is 25.4 Å². The summed E-state index contributed by atoms with van der Waals surface area (Å²) in [6.45, 7) is 0.667. The Morgan fingerprint density at radius 1 is 1.00 bits per heavy atom. The minimum absolute atomic E-state index is 0.0317. The lowest BCUT2D eigenvalue weighted by Crippen LogP contribution is -2.39. The van der Waals surface area contributed by atoms with Crippen molar-refractivity contribution in [2.45, 2.75) is 18.8 Å². The Kier molecular flexibility index (Phi) is 7.83. The first-order valence-electron chi connectivity index (χ1n) is 11.3. The molecule has 1 heterocycles. The van der Waals surface area contributed by atoms with E-state index < -0.39 is 17.8 Å². The fraction of sp³-hybridized carbons (Fsp3) is 0.231. The Bertz CT molecular complexity index is 1260. The van der Waals surface area contributed by atoms with Crippen LogP contribution in [0.1, 0.15) is 21.5 Å². The maximum Gasteiger partial charge on any atom is 0.416 e. The van der Waals surface area contributed by atoms with E-state index in [0.29, 0.717) is 35.8 Å². The number of benzene rings is 3. The van der Waals surface area contributed by atoms with E-state index in [1.165, 1.54) is 13.1 Å². The lowest BCUT2D eigenvalue weighted by molar-refractivity contribution is -0.137. The summed E-state index contributed by atoms with van der Waals surface area (Å²) in [4.78, 5) is 24.3. The highest BCUT2D eigenvalue weighted by Crippen LogP contribution is 2.36. The van der Waals surface area contributed by atoms with Crippen molar-refractivity contribution in [3.05, 3.63) is 83.4 Å². The molecule has 11 heteroatoms. The van der Waals surface area contributed by atoms with Gasteiger partial charge in [0.1, 0.15) is 23.4 Å². The molecule has 8 nitrogen and oxygen atoms in total. The molecule has 1 fully saturated rings. The van der Waals surface area contributed by atoms with E-state index in [0.717, 1.165) is 12.1 Å². The first-order valence-corrected chi connectivity index (χ1v) is 11.3. The van der Waals surface area contributed by atoms with Crippen molar-refractivity contribution < 1.29 is 37.0 Å². The molecule has 0 aliphatic carbocycles. The van der Waals surface area contributed by atoms with Crippen LogP contribution in [-0.4, -0.2) is 38.3 Å². The van der Waals surface area contributed by atoms with Crippen LogP contribution in [0.5, 0.6) is 17.2 Å². The van der Waals surface area contributed by atoms with E-state index in [4.69, 9.17) is 14.2 Å². The molecule has 3 aromatic carbocycles. The molecule has 1 aliphatic heterocycles. The largest absolute Gasteiger partial charge is 0.483 e. The van der Waals surface area contributed by atoms with Gasteiger partial charge in [-0.15, -0.1) is 0 Å². The molecule has 3 amide bonds. The number of alkyl halides is 3. The van der Waals surface area contributed by atoms with Gasteiger partial charge in [-0.2, -0.15) is 13.2 Å². The van der Waals surface area contributed by atoms with Crippen molar-refractivity contribution in [1.29, 1.82) is 0 Å². The molecule has 1 saturated heterocycles. The third kappa shape index (κ3) is 6.70. The molecule has 4 rings (SSSR count). The second-order valence-electron chi connectivity index (χ2n) is 8.11. The molecule has 3 N–H and O–H groups in total. The predicted octanol–water partition coefficient (Wildman–Crippen LogP) is 4.96. The summed E-state index contributed by atoms with van der Waals surface area (Å²) < 4.78 is 56.3. The average Bonchev–Trinajstić information content (AvgIpc) is 2.85. The molecular weight excluding hydrogens is 491 g/mol. The second-order valence-corrected chi connectivity index (χ2v) is 8.11. The van der Waals surface area contributed by atoms with E-state index in [1.54, 1.807) is 48.5 Å². The second kappa shape index (κ2) is 11.2. The number of ether oxygens (including phenoxy) is 3. The number of urea groups is 1. The summed E-state index contributed by atoms with van der Waals surface area (Å²) in [5, 5.41) is 7.61. The first kappa shape index (κ1) is 25.8. The molecule has 0 spiro atoms. The lowest BCUT2D eigenvalue weighted by Gasteiger charge is -2.28. The van der Waals surface area contributed by atoms with Crippen LogP contribution >= 0.6 is 0 Å². The van der Waals surface area contributed by atoms with Gasteiger partial charge in [0.15, 0.2) is 0 Å². The van der Waals surface area contributed by atoms with Gasteiger partial charge < -0.3 is 30.2 Å². The SMILES string of the molecule is CNC(=O)c1ccc(Oc2ccccc2CNC(=O)Nc2cc(C(F)(F)F)ccc2OC2COC2)cc1. The van der Waals surface area contributed by atoms with Crippen molar-refractivity contribution in [1.82, 2.24) is 10.6 Å². The van der Waals surface area contributed by atoms with Crippen molar-refractivity contribution in [3.8, 4) is 17.2 Å². The molecule has 37 heavy (non-hydrogen) atoms. The summed E-state index contributed by atoms with van der Waals surface area (Å²) in [5.41, 5.74) is 0.0746. The number of hydrogen-bond acceptors (Lipinski definition) is 5. The van der Waals surface area contributed by atoms with Crippen molar-refractivity contribution in [2.75, 3.05) is 25.6 Å². The molecule has 0 aromatic heterocycles. The summed E-state index contributed by atoms with van der Waals surface area (Å²) in [7, 11) is 1.54. The number of amides is 3. The van der Waals surface area contributed by atoms with Gasteiger partial charge >= 0.3 is 12.2 Å². The van der Waals surface area contributed by atoms with E-state index >= 15 is 0 Å². The summed E-state index contributed by atoms with van der Waals surface area (Å²) in [6.07, 6.45) is -4.88. The van der Waals surface area contributed by atoms with Crippen molar-refractivity contribution in [3.63, 3.8) is 0 Å². The number of rotatable bonds is 8. The minimum Gasteiger partial charge on any atom is -0.483 e. The fourth-order valence-corrected chi connectivity index (χ4v) is 3.41. The Morgan fingerprint density at radius 3 is 2.38 bits per heavy atom. The monoisotopic (exact) mass is 515 g/mol. The maximum absolute atomic E-state index is 13.2. The summed E-state index contributed by atoms with van der Waals surface area (Å²) in [5.74, 6) is 0.830. The number of anilines is 1. The number of carbonyl (C=O) groups excluding carboxylic acids is 2. The van der Waals surface area contributed by atoms with E-state index in [-0.39, 0.29) is 30.0 Å². The van der Waals surface area contributed by atoms with Crippen LogP contribution in [0, 0.1) is 0 Å². The Morgan fingerprint density at radius 2 is 1.73 bits per heavy atom. The molecule has 0 unspecified atom stereocenters. The van der Waals surface area contributed by atoms with Gasteiger partial charge in [0.2, 0.25) is 0 Å². The average molecular weight is 515 g/mol. The van der Waals surface area contributed by atoms with Crippen molar-refractivity contribution >= 4 is 17.6 Å². The number of halogens is 3. The van der Waals surface area contributed by atoms with Gasteiger partial charge in [-0.1, -0.05) is 18.2 Å². The maximum atomic E-state index is 13.2. The van der Waals surface area contributed by atoms with Gasteiger partial charge in [-0.3, -0.25) is 4.79 Å². The summed E-state index contributed by atoms with van der Waals surface area (Å²) >= 11 is 0. The number of nitrogens with one attached hydrogen (secondary N) is 3. The molecule has 0 radical (unpaired) electrons. The Hall–Kier alpha value is -4.25. The lowest BCUT2D eigenvalue weighted by atomic mass is 10.1. The highest BCUT2D eigenvalue weighted by Gasteiger charge is 2.32. The molecule has 0 atom stereocenters. The van der Waals surface area contributed by atoms with Gasteiger partial charge in [-0.25, -0.2) is 4.79 Å². The third-order valence-corrected chi connectivity index (χ3v) is 5.44. The first-order chi connectivity index (χ1) is 17.7. The van der Waals surface area contributed by atoms with E-state index in [1.807, 2.05) is 0 Å². The number of hydrogen-bond donors (Lipinski definition) is 3. The van der Waals surface area contributed by atoms with Gasteiger partial charge in [0, 0.05) is 24.7 Å². The highest BCUT2D eigenvalue weighted by molar-refractivity contribution is 5.94. The Labute approximate surface area is 210 Å². The molecule has 3 aromatic rings. The molecule has 1 aliphatic rings. The molecule has 0 saturated carbocycles. The van der Waals surface area contributed by atoms with Crippen LogP contribution in [-0.2, 0) is 17.5 Å². The van der Waals surface area contributed by atoms with Crippen LogP contribution in [0.15, 0.2) is 66.7 Å². The smallest absolute Gasteiger partial charge is 0.416 e. The zero-order chi connectivity index (χ0) is 26.4. The minimum atomic E-state index is -4.58. The fourth-order valence-electron chi connectivity index (χ4n) is 3.41. The highest BCUT2D eigenvalue weighted by atomic mass is 19.4. The topological polar surface area (TPSA) is 97.9 Å². The van der Waals surface area contributed by atoms with Gasteiger partial charge in [0.05, 0.1) is 24.5 Å². The van der Waals surface area contributed by atoms with Crippen molar-refractivity contribution in [2.24, 2.45) is 0 Å². The molecule has 194 valence electrons. The van der Waals surface area contributed by atoms with Crippen LogP contribution in [0.4, 0.5) is 23.7 Å². The van der Waals surface area contributed by atoms with Gasteiger partial charge in [-0.05, 0) is 48.5 Å². The number of para-hydroxylation sites is 1. The van der Waals surface area contributed by atoms with Gasteiger partial charge in [0.25, 0.3) is 5.91 Å². The quantitative estimate of drug-likeness (QED) is 0.394. The normalized spacial score (nSPS) is 13.3. The number of carbonyl (C=O) groups is 2. The van der Waals surface area contributed by atoms with Crippen LogP contribution in [0.2, 0.25) is 0 Å². The van der Waals surface area contributed by atoms with E-state index in [9.17, 15) is 22.8 Å². The Balaban J connectivity index is 1.43. The zero-order valence-electron chi connectivity index (χ0n) is 19.7. The zero-order valence-corrected chi connectivity index (χ0v) is 19.7. The van der Waals surface area contributed by atoms with Crippen LogP contribution in [0.25, 0.3) is 0 Å². The standard InChI is InChI=1S/C26H24F3N3O5/c1-30-24(33)16-6-9-19(10-7-16)36-22-5-3-2-4-17(22)13-31-25(34)32-21-12-18(26(27,28)29)8-11-23(21)37-20-14-35-15-20/h2-12,20H,13-15H2,1H3,(H,30,33)(H2,31,32,34). The molecular formula is C26H24F3N3O5. The third-order valence-electron chi connectivity index (χ3n) is 5.44.